The zero-order valence-electron chi connectivity index (χ0n) is 14.0. The molecule has 0 aliphatic carbocycles. The Morgan fingerprint density at radius 3 is 2.41 bits per heavy atom. The lowest BCUT2D eigenvalue weighted by atomic mass is 9.90. The number of nitrogens with zero attached hydrogens (tertiary/aromatic N) is 2. The molecule has 0 bridgehead atoms. The van der Waals surface area contributed by atoms with E-state index in [4.69, 9.17) is 5.73 Å². The number of benzene rings is 1. The lowest BCUT2D eigenvalue weighted by Crippen LogP contribution is -2.47. The van der Waals surface area contributed by atoms with Gasteiger partial charge in [-0.05, 0) is 44.8 Å². The molecule has 2 N–H and O–H groups in total. The molecule has 1 aliphatic heterocycles. The third kappa shape index (κ3) is 3.87. The predicted molar refractivity (Wildman–Crippen MR) is 90.4 cm³/mol. The minimum absolute atomic E-state index is 0.182. The van der Waals surface area contributed by atoms with E-state index in [2.05, 4.69) is 18.7 Å². The molecule has 1 saturated heterocycles. The zero-order valence-corrected chi connectivity index (χ0v) is 14.0. The van der Waals surface area contributed by atoms with Gasteiger partial charge in [0.1, 0.15) is 6.04 Å². The summed E-state index contributed by atoms with van der Waals surface area (Å²) in [6.45, 7) is 6.66. The number of nitrogens with two attached hydrogens (primary N) is 1. The molecule has 1 heterocycles. The number of likely N-dealkylation sites (N-methyl/N-ethyl adjacent to an activating group) is 1. The van der Waals surface area contributed by atoms with Crippen LogP contribution in [0.3, 0.4) is 0 Å². The van der Waals surface area contributed by atoms with Crippen LogP contribution in [0.1, 0.15) is 38.3 Å². The van der Waals surface area contributed by atoms with Gasteiger partial charge in [0.15, 0.2) is 0 Å². The molecule has 2 rings (SSSR count). The summed E-state index contributed by atoms with van der Waals surface area (Å²) in [5.74, 6) is 0.766. The van der Waals surface area contributed by atoms with E-state index in [9.17, 15) is 4.79 Å². The molecular weight excluding hydrogens is 274 g/mol. The maximum Gasteiger partial charge on any atom is 0.244 e. The Morgan fingerprint density at radius 2 is 1.91 bits per heavy atom. The quantitative estimate of drug-likeness (QED) is 0.908. The van der Waals surface area contributed by atoms with Gasteiger partial charge in [0.2, 0.25) is 5.91 Å². The Morgan fingerprint density at radius 1 is 1.32 bits per heavy atom. The molecule has 2 atom stereocenters. The van der Waals surface area contributed by atoms with E-state index >= 15 is 0 Å². The minimum atomic E-state index is -0.182. The maximum absolute atomic E-state index is 13.0. The molecule has 1 aliphatic rings. The van der Waals surface area contributed by atoms with Gasteiger partial charge in [0.05, 0.1) is 0 Å². The fourth-order valence-electron chi connectivity index (χ4n) is 3.22. The normalized spacial score (nSPS) is 19.2. The van der Waals surface area contributed by atoms with Gasteiger partial charge < -0.3 is 10.6 Å². The van der Waals surface area contributed by atoms with Gasteiger partial charge in [-0.25, -0.2) is 0 Å². The van der Waals surface area contributed by atoms with Gasteiger partial charge in [-0.3, -0.25) is 9.69 Å². The molecule has 1 aromatic rings. The van der Waals surface area contributed by atoms with E-state index in [1.54, 1.807) is 0 Å². The highest BCUT2D eigenvalue weighted by molar-refractivity contribution is 5.83. The summed E-state index contributed by atoms with van der Waals surface area (Å²) in [4.78, 5) is 17.2. The van der Waals surface area contributed by atoms with E-state index in [0.29, 0.717) is 5.92 Å². The monoisotopic (exact) mass is 303 g/mol. The molecule has 22 heavy (non-hydrogen) atoms. The molecule has 1 fully saturated rings. The second kappa shape index (κ2) is 7.75. The summed E-state index contributed by atoms with van der Waals surface area (Å²) in [5, 5.41) is 0. The molecule has 1 aromatic carbocycles. The Labute approximate surface area is 134 Å². The Hall–Kier alpha value is -1.39. The number of piperidine rings is 1. The van der Waals surface area contributed by atoms with E-state index in [-0.39, 0.29) is 18.0 Å². The zero-order chi connectivity index (χ0) is 16.1. The van der Waals surface area contributed by atoms with Gasteiger partial charge in [-0.1, -0.05) is 37.3 Å². The lowest BCUT2D eigenvalue weighted by Gasteiger charge is -2.37. The van der Waals surface area contributed by atoms with Crippen LogP contribution in [0.15, 0.2) is 30.3 Å². The lowest BCUT2D eigenvalue weighted by molar-refractivity contribution is -0.138. The Bertz CT molecular complexity index is 466. The van der Waals surface area contributed by atoms with Crippen molar-refractivity contribution in [1.29, 1.82) is 0 Å². The SMILES string of the molecule is CCN(C)C(C(=O)N1CCC(C(C)N)CC1)c1ccccc1. The van der Waals surface area contributed by atoms with E-state index in [0.717, 1.165) is 38.0 Å². The number of carbonyl (C=O) groups is 1. The van der Waals surface area contributed by atoms with E-state index in [1.807, 2.05) is 42.3 Å². The molecule has 122 valence electrons. The van der Waals surface area contributed by atoms with E-state index < -0.39 is 0 Å². The minimum Gasteiger partial charge on any atom is -0.341 e. The summed E-state index contributed by atoms with van der Waals surface area (Å²) in [6.07, 6.45) is 2.03. The molecule has 0 aromatic heterocycles. The van der Waals surface area contributed by atoms with Crippen LogP contribution in [-0.2, 0) is 4.79 Å². The van der Waals surface area contributed by atoms with Crippen molar-refractivity contribution >= 4 is 5.91 Å². The fourth-order valence-corrected chi connectivity index (χ4v) is 3.22. The van der Waals surface area contributed by atoms with Crippen LogP contribution in [0.5, 0.6) is 0 Å². The molecule has 0 spiro atoms. The summed E-state index contributed by atoms with van der Waals surface area (Å²) < 4.78 is 0. The summed E-state index contributed by atoms with van der Waals surface area (Å²) >= 11 is 0. The standard InChI is InChI=1S/C18H29N3O/c1-4-20(3)17(16-8-6-5-7-9-16)18(22)21-12-10-15(11-13-21)14(2)19/h5-9,14-15,17H,4,10-13,19H2,1-3H3. The average Bonchev–Trinajstić information content (AvgIpc) is 2.55. The second-order valence-corrected chi connectivity index (χ2v) is 6.41. The van der Waals surface area contributed by atoms with Gasteiger partial charge in [0, 0.05) is 19.1 Å². The van der Waals surface area contributed by atoms with Crippen LogP contribution in [0.4, 0.5) is 0 Å². The fraction of sp³-hybridized carbons (Fsp3) is 0.611. The second-order valence-electron chi connectivity index (χ2n) is 6.41. The van der Waals surface area contributed by atoms with Gasteiger partial charge in [-0.2, -0.15) is 0 Å². The van der Waals surface area contributed by atoms with E-state index in [1.165, 1.54) is 0 Å². The number of hydrogen-bond acceptors (Lipinski definition) is 3. The summed E-state index contributed by atoms with van der Waals surface area (Å²) in [6, 6.07) is 10.1. The molecule has 4 nitrogen and oxygen atoms in total. The first-order valence-electron chi connectivity index (χ1n) is 8.34. The topological polar surface area (TPSA) is 49.6 Å². The van der Waals surface area contributed by atoms with Crippen LogP contribution >= 0.6 is 0 Å². The van der Waals surface area contributed by atoms with Crippen molar-refractivity contribution < 1.29 is 4.79 Å². The molecular formula is C18H29N3O. The van der Waals surface area contributed by atoms with Gasteiger partial charge in [0.25, 0.3) is 0 Å². The van der Waals surface area contributed by atoms with Crippen molar-refractivity contribution in [2.75, 3.05) is 26.7 Å². The maximum atomic E-state index is 13.0. The molecule has 2 unspecified atom stereocenters. The highest BCUT2D eigenvalue weighted by atomic mass is 16.2. The van der Waals surface area contributed by atoms with Crippen LogP contribution in [0, 0.1) is 5.92 Å². The smallest absolute Gasteiger partial charge is 0.244 e. The van der Waals surface area contributed by atoms with Crippen molar-refractivity contribution in [2.45, 2.75) is 38.8 Å². The summed E-state index contributed by atoms with van der Waals surface area (Å²) in [5.41, 5.74) is 7.07. The Kier molecular flexibility index (Phi) is 5.98. The molecule has 1 amide bonds. The van der Waals surface area contributed by atoms with Crippen molar-refractivity contribution in [1.82, 2.24) is 9.80 Å². The van der Waals surface area contributed by atoms with Crippen molar-refractivity contribution in [2.24, 2.45) is 11.7 Å². The first kappa shape index (κ1) is 17.0. The number of likely N-dealkylation sites (tertiary alicyclic amines) is 1. The number of carbonyl (C=O) groups excluding carboxylic acids is 1. The van der Waals surface area contributed by atoms with Gasteiger partial charge in [-0.15, -0.1) is 0 Å². The van der Waals surface area contributed by atoms with Crippen molar-refractivity contribution in [3.05, 3.63) is 35.9 Å². The van der Waals surface area contributed by atoms with Crippen LogP contribution in [0.2, 0.25) is 0 Å². The van der Waals surface area contributed by atoms with Crippen LogP contribution in [-0.4, -0.2) is 48.4 Å². The van der Waals surface area contributed by atoms with Gasteiger partial charge >= 0.3 is 0 Å². The average molecular weight is 303 g/mol. The number of hydrogen-bond donors (Lipinski definition) is 1. The Balaban J connectivity index is 2.10. The summed E-state index contributed by atoms with van der Waals surface area (Å²) in [7, 11) is 2.02. The van der Waals surface area contributed by atoms with Crippen molar-refractivity contribution in [3.8, 4) is 0 Å². The van der Waals surface area contributed by atoms with Crippen LogP contribution < -0.4 is 5.73 Å². The molecule has 0 saturated carbocycles. The third-order valence-corrected chi connectivity index (χ3v) is 4.88. The first-order chi connectivity index (χ1) is 10.5. The van der Waals surface area contributed by atoms with Crippen LogP contribution in [0.25, 0.3) is 0 Å². The predicted octanol–water partition coefficient (Wildman–Crippen LogP) is 2.27. The van der Waals surface area contributed by atoms with Crippen molar-refractivity contribution in [3.63, 3.8) is 0 Å². The largest absolute Gasteiger partial charge is 0.341 e. The molecule has 0 radical (unpaired) electrons. The highest BCUT2D eigenvalue weighted by Crippen LogP contribution is 2.26. The first-order valence-corrected chi connectivity index (χ1v) is 8.34. The molecule has 4 heteroatoms. The number of rotatable bonds is 5. The third-order valence-electron chi connectivity index (χ3n) is 4.88. The number of amides is 1. The highest BCUT2D eigenvalue weighted by Gasteiger charge is 2.31.